The Balaban J connectivity index is 2.09. The summed E-state index contributed by atoms with van der Waals surface area (Å²) in [6.45, 7) is 0. The summed E-state index contributed by atoms with van der Waals surface area (Å²) in [6.07, 6.45) is 0. The molecular weight excluding hydrogens is 280 g/mol. The van der Waals surface area contributed by atoms with Gasteiger partial charge in [-0.15, -0.1) is 0 Å². The number of aliphatic imine (C=N–C) groups is 1. The normalized spacial score (nSPS) is 16.9. The average molecular weight is 291 g/mol. The second kappa shape index (κ2) is 4.79. The van der Waals surface area contributed by atoms with Crippen LogP contribution in [-0.2, 0) is 10.7 Å². The van der Waals surface area contributed by atoms with Crippen molar-refractivity contribution in [1.29, 1.82) is 4.78 Å². The van der Waals surface area contributed by atoms with Gasteiger partial charge in [-0.1, -0.05) is 29.8 Å². The second-order valence-corrected chi connectivity index (χ2v) is 5.88. The summed E-state index contributed by atoms with van der Waals surface area (Å²) in [5.41, 5.74) is 1.66. The van der Waals surface area contributed by atoms with Crippen LogP contribution in [0.5, 0.6) is 5.75 Å². The molecule has 96 valence electrons. The molecule has 2 aromatic rings. The maximum atomic E-state index is 8.36. The van der Waals surface area contributed by atoms with Crippen LogP contribution in [0.25, 0.3) is 0 Å². The fourth-order valence-corrected chi connectivity index (χ4v) is 3.58. The first kappa shape index (κ1) is 12.4. The van der Waals surface area contributed by atoms with Gasteiger partial charge in [0.2, 0.25) is 0 Å². The highest BCUT2D eigenvalue weighted by molar-refractivity contribution is 8.02. The number of rotatable bonds is 2. The van der Waals surface area contributed by atoms with Crippen molar-refractivity contribution in [3.63, 3.8) is 0 Å². The van der Waals surface area contributed by atoms with Crippen LogP contribution < -0.4 is 4.74 Å². The number of nitrogens with one attached hydrogen (secondary N) is 1. The zero-order valence-corrected chi connectivity index (χ0v) is 11.8. The van der Waals surface area contributed by atoms with E-state index in [4.69, 9.17) is 21.1 Å². The SMILES string of the molecule is COc1ccc2c(c1)S(=N)C(c1ccccc1Cl)=N2. The zero-order valence-electron chi connectivity index (χ0n) is 10.2. The molecule has 1 aliphatic heterocycles. The summed E-state index contributed by atoms with van der Waals surface area (Å²) in [4.78, 5) is 5.42. The molecule has 0 spiro atoms. The Labute approximate surface area is 118 Å². The van der Waals surface area contributed by atoms with E-state index in [9.17, 15) is 0 Å². The van der Waals surface area contributed by atoms with Crippen molar-refractivity contribution < 1.29 is 4.74 Å². The number of methoxy groups -OCH3 is 1. The van der Waals surface area contributed by atoms with Crippen LogP contribution >= 0.6 is 11.6 Å². The summed E-state index contributed by atoms with van der Waals surface area (Å²) in [6, 6.07) is 13.1. The fourth-order valence-electron chi connectivity index (χ4n) is 1.94. The number of hydrogen-bond acceptors (Lipinski definition) is 3. The first-order valence-electron chi connectivity index (χ1n) is 5.68. The molecule has 0 amide bonds. The van der Waals surface area contributed by atoms with E-state index in [0.717, 1.165) is 21.9 Å². The molecule has 0 aliphatic carbocycles. The molecule has 0 radical (unpaired) electrons. The number of fused-ring (bicyclic) bond motifs is 1. The van der Waals surface area contributed by atoms with Crippen LogP contribution in [0.1, 0.15) is 5.56 Å². The van der Waals surface area contributed by atoms with Gasteiger partial charge in [0.15, 0.2) is 0 Å². The average Bonchev–Trinajstić information content (AvgIpc) is 2.76. The predicted octanol–water partition coefficient (Wildman–Crippen LogP) is 4.18. The lowest BCUT2D eigenvalue weighted by Gasteiger charge is -2.05. The molecule has 1 heterocycles. The summed E-state index contributed by atoms with van der Waals surface area (Å²) >= 11 is 6.19. The largest absolute Gasteiger partial charge is 0.497 e. The van der Waals surface area contributed by atoms with Gasteiger partial charge in [0.25, 0.3) is 0 Å². The predicted molar refractivity (Wildman–Crippen MR) is 79.0 cm³/mol. The lowest BCUT2D eigenvalue weighted by molar-refractivity contribution is 0.414. The van der Waals surface area contributed by atoms with Crippen LogP contribution in [0.15, 0.2) is 52.4 Å². The van der Waals surface area contributed by atoms with E-state index in [1.54, 1.807) is 7.11 Å². The summed E-state index contributed by atoms with van der Waals surface area (Å²) in [5.74, 6) is 0.749. The smallest absolute Gasteiger partial charge is 0.120 e. The number of nitrogens with zero attached hydrogens (tertiary/aromatic N) is 1. The van der Waals surface area contributed by atoms with E-state index in [1.165, 1.54) is 0 Å². The van der Waals surface area contributed by atoms with E-state index >= 15 is 0 Å². The minimum absolute atomic E-state index is 0.630. The standard InChI is InChI=1S/C14H11ClN2OS/c1-18-9-6-7-12-13(8-9)19(16)14(17-12)10-4-2-3-5-11(10)15/h2-8,16H,1H3. The van der Waals surface area contributed by atoms with Crippen LogP contribution in [0.2, 0.25) is 5.02 Å². The first-order chi connectivity index (χ1) is 9.20. The molecule has 3 rings (SSSR count). The Morgan fingerprint density at radius 2 is 2.00 bits per heavy atom. The van der Waals surface area contributed by atoms with Gasteiger partial charge >= 0.3 is 0 Å². The van der Waals surface area contributed by atoms with Crippen molar-refractivity contribution in [3.8, 4) is 5.75 Å². The lowest BCUT2D eigenvalue weighted by atomic mass is 10.2. The Morgan fingerprint density at radius 1 is 1.21 bits per heavy atom. The minimum Gasteiger partial charge on any atom is -0.497 e. The van der Waals surface area contributed by atoms with Gasteiger partial charge in [-0.05, 0) is 35.0 Å². The highest BCUT2D eigenvalue weighted by atomic mass is 35.5. The molecule has 1 N–H and O–H groups in total. The van der Waals surface area contributed by atoms with Gasteiger partial charge in [-0.2, -0.15) is 0 Å². The van der Waals surface area contributed by atoms with Gasteiger partial charge in [-0.25, -0.2) is 4.99 Å². The Bertz CT molecular complexity index is 712. The van der Waals surface area contributed by atoms with Gasteiger partial charge in [0.05, 0.1) is 22.7 Å². The molecule has 5 heteroatoms. The van der Waals surface area contributed by atoms with Gasteiger partial charge < -0.3 is 4.74 Å². The molecule has 0 saturated carbocycles. The minimum atomic E-state index is -0.823. The third-order valence-corrected chi connectivity index (χ3v) is 4.70. The molecule has 1 unspecified atom stereocenters. The molecule has 3 nitrogen and oxygen atoms in total. The van der Waals surface area contributed by atoms with Crippen molar-refractivity contribution in [2.75, 3.05) is 7.11 Å². The van der Waals surface area contributed by atoms with Crippen LogP contribution in [0.4, 0.5) is 5.69 Å². The van der Waals surface area contributed by atoms with E-state index in [2.05, 4.69) is 4.99 Å². The summed E-state index contributed by atoms with van der Waals surface area (Å²) in [5, 5.41) is 1.35. The zero-order chi connectivity index (χ0) is 13.4. The van der Waals surface area contributed by atoms with E-state index in [-0.39, 0.29) is 0 Å². The Morgan fingerprint density at radius 3 is 2.74 bits per heavy atom. The maximum Gasteiger partial charge on any atom is 0.120 e. The number of ether oxygens (including phenoxy) is 1. The van der Waals surface area contributed by atoms with E-state index < -0.39 is 10.7 Å². The second-order valence-electron chi connectivity index (χ2n) is 4.04. The third-order valence-electron chi connectivity index (χ3n) is 2.91. The molecule has 1 atom stereocenters. The van der Waals surface area contributed by atoms with E-state index in [0.29, 0.717) is 10.1 Å². The van der Waals surface area contributed by atoms with Gasteiger partial charge in [-0.3, -0.25) is 4.78 Å². The highest BCUT2D eigenvalue weighted by Gasteiger charge is 2.23. The monoisotopic (exact) mass is 290 g/mol. The van der Waals surface area contributed by atoms with Crippen molar-refractivity contribution in [3.05, 3.63) is 53.1 Å². The Kier molecular flexibility index (Phi) is 3.12. The van der Waals surface area contributed by atoms with Crippen LogP contribution in [-0.4, -0.2) is 12.2 Å². The third kappa shape index (κ3) is 2.07. The van der Waals surface area contributed by atoms with Crippen LogP contribution in [0, 0.1) is 4.78 Å². The van der Waals surface area contributed by atoms with E-state index in [1.807, 2.05) is 42.5 Å². The fraction of sp³-hybridized carbons (Fsp3) is 0.0714. The van der Waals surface area contributed by atoms with Crippen molar-refractivity contribution in [2.24, 2.45) is 4.99 Å². The van der Waals surface area contributed by atoms with Gasteiger partial charge in [0.1, 0.15) is 10.8 Å². The maximum absolute atomic E-state index is 8.36. The molecule has 0 bridgehead atoms. The summed E-state index contributed by atoms with van der Waals surface area (Å²) in [7, 11) is 0.796. The molecule has 0 fully saturated rings. The Hall–Kier alpha value is -1.65. The number of hydrogen-bond donors (Lipinski definition) is 1. The topological polar surface area (TPSA) is 45.4 Å². The van der Waals surface area contributed by atoms with Crippen molar-refractivity contribution in [2.45, 2.75) is 4.90 Å². The first-order valence-corrected chi connectivity index (χ1v) is 7.28. The quantitative estimate of drug-likeness (QED) is 0.886. The molecule has 19 heavy (non-hydrogen) atoms. The summed E-state index contributed by atoms with van der Waals surface area (Å²) < 4.78 is 13.6. The molecule has 2 aromatic carbocycles. The molecule has 0 aromatic heterocycles. The van der Waals surface area contributed by atoms with Crippen LogP contribution in [0.3, 0.4) is 0 Å². The molecule has 0 saturated heterocycles. The lowest BCUT2D eigenvalue weighted by Crippen LogP contribution is -2.04. The van der Waals surface area contributed by atoms with Crippen molar-refractivity contribution >= 4 is 33.0 Å². The van der Waals surface area contributed by atoms with Gasteiger partial charge in [0, 0.05) is 5.56 Å². The number of benzene rings is 2. The molecule has 1 aliphatic rings. The molecular formula is C14H11ClN2OS. The number of halogens is 1. The van der Waals surface area contributed by atoms with Crippen molar-refractivity contribution in [1.82, 2.24) is 0 Å². The highest BCUT2D eigenvalue weighted by Crippen LogP contribution is 2.36.